The number of aromatic nitrogens is 4. The van der Waals surface area contributed by atoms with Crippen LogP contribution >= 0.6 is 0 Å². The summed E-state index contributed by atoms with van der Waals surface area (Å²) < 4.78 is 7.79. The Morgan fingerprint density at radius 1 is 0.880 bits per heavy atom. The Hall–Kier alpha value is -3.21. The van der Waals surface area contributed by atoms with E-state index in [9.17, 15) is 0 Å². The summed E-state index contributed by atoms with van der Waals surface area (Å²) in [5.41, 5.74) is 5.29. The van der Waals surface area contributed by atoms with Gasteiger partial charge in [-0.3, -0.25) is 0 Å². The minimum Gasteiger partial charge on any atom is -0.438 e. The van der Waals surface area contributed by atoms with Gasteiger partial charge in [0.05, 0.1) is 11.9 Å². The molecule has 2 aromatic heterocycles. The molecule has 5 heteroatoms. The van der Waals surface area contributed by atoms with Crippen LogP contribution in [0, 0.1) is 20.8 Å². The van der Waals surface area contributed by atoms with Crippen LogP contribution in [-0.4, -0.2) is 19.7 Å². The van der Waals surface area contributed by atoms with Crippen LogP contribution in [0.5, 0.6) is 11.6 Å². The standard InChI is InChI=1S/C20H18N4O/c1-13-4-7-16(8-5-13)24-19-18(11-23-24)20(22-12-21-19)25-17-9-6-14(2)15(3)10-17/h4-12H,1-3H3. The minimum atomic E-state index is 0.506. The molecule has 0 unspecified atom stereocenters. The van der Waals surface area contributed by atoms with Crippen molar-refractivity contribution >= 4 is 11.0 Å². The van der Waals surface area contributed by atoms with Crippen molar-refractivity contribution in [1.82, 2.24) is 19.7 Å². The number of ether oxygens (including phenoxy) is 1. The molecule has 4 aromatic rings. The van der Waals surface area contributed by atoms with E-state index in [1.165, 1.54) is 23.0 Å². The first-order valence-corrected chi connectivity index (χ1v) is 8.13. The SMILES string of the molecule is Cc1ccc(-n2ncc3c(Oc4ccc(C)c(C)c4)ncnc32)cc1. The van der Waals surface area contributed by atoms with Gasteiger partial charge in [-0.2, -0.15) is 5.10 Å². The van der Waals surface area contributed by atoms with Crippen LogP contribution in [0.25, 0.3) is 16.7 Å². The number of hydrogen-bond donors (Lipinski definition) is 0. The van der Waals surface area contributed by atoms with Gasteiger partial charge in [-0.1, -0.05) is 23.8 Å². The molecule has 0 aliphatic heterocycles. The van der Waals surface area contributed by atoms with E-state index < -0.39 is 0 Å². The molecule has 4 rings (SSSR count). The molecule has 0 saturated heterocycles. The number of benzene rings is 2. The van der Waals surface area contributed by atoms with Gasteiger partial charge in [0.25, 0.3) is 0 Å². The maximum absolute atomic E-state index is 5.99. The zero-order valence-electron chi connectivity index (χ0n) is 14.4. The van der Waals surface area contributed by atoms with Crippen molar-refractivity contribution in [2.75, 3.05) is 0 Å². The topological polar surface area (TPSA) is 52.8 Å². The van der Waals surface area contributed by atoms with E-state index in [-0.39, 0.29) is 0 Å². The average molecular weight is 330 g/mol. The Labute approximate surface area is 145 Å². The van der Waals surface area contributed by atoms with Gasteiger partial charge in [-0.15, -0.1) is 0 Å². The number of rotatable bonds is 3. The summed E-state index contributed by atoms with van der Waals surface area (Å²) in [5.74, 6) is 1.26. The van der Waals surface area contributed by atoms with Crippen molar-refractivity contribution in [3.63, 3.8) is 0 Å². The fraction of sp³-hybridized carbons (Fsp3) is 0.150. The van der Waals surface area contributed by atoms with Crippen LogP contribution in [-0.2, 0) is 0 Å². The quantitative estimate of drug-likeness (QED) is 0.554. The van der Waals surface area contributed by atoms with E-state index in [1.807, 2.05) is 30.3 Å². The predicted molar refractivity (Wildman–Crippen MR) is 97.4 cm³/mol. The molecular weight excluding hydrogens is 312 g/mol. The lowest BCUT2D eigenvalue weighted by Gasteiger charge is -2.08. The Morgan fingerprint density at radius 3 is 2.44 bits per heavy atom. The number of nitrogens with zero attached hydrogens (tertiary/aromatic N) is 4. The molecule has 0 bridgehead atoms. The zero-order chi connectivity index (χ0) is 17.4. The molecule has 0 saturated carbocycles. The maximum Gasteiger partial charge on any atom is 0.233 e. The third-order valence-electron chi connectivity index (χ3n) is 4.30. The molecule has 0 aliphatic carbocycles. The largest absolute Gasteiger partial charge is 0.438 e. The molecule has 2 aromatic carbocycles. The molecule has 0 radical (unpaired) electrons. The van der Waals surface area contributed by atoms with Crippen molar-refractivity contribution < 1.29 is 4.74 Å². The third-order valence-corrected chi connectivity index (χ3v) is 4.30. The lowest BCUT2D eigenvalue weighted by atomic mass is 10.1. The van der Waals surface area contributed by atoms with E-state index in [1.54, 1.807) is 10.9 Å². The number of hydrogen-bond acceptors (Lipinski definition) is 4. The summed E-state index contributed by atoms with van der Waals surface area (Å²) in [4.78, 5) is 8.67. The summed E-state index contributed by atoms with van der Waals surface area (Å²) in [6.45, 7) is 6.20. The smallest absolute Gasteiger partial charge is 0.233 e. The van der Waals surface area contributed by atoms with Gasteiger partial charge >= 0.3 is 0 Å². The summed E-state index contributed by atoms with van der Waals surface area (Å²) in [6, 6.07) is 14.1. The molecule has 124 valence electrons. The monoisotopic (exact) mass is 330 g/mol. The average Bonchev–Trinajstić information content (AvgIpc) is 3.04. The fourth-order valence-corrected chi connectivity index (χ4v) is 2.67. The predicted octanol–water partition coefficient (Wildman–Crippen LogP) is 4.53. The molecule has 5 nitrogen and oxygen atoms in total. The van der Waals surface area contributed by atoms with Crippen LogP contribution in [0.15, 0.2) is 55.0 Å². The van der Waals surface area contributed by atoms with E-state index in [0.29, 0.717) is 5.88 Å². The summed E-state index contributed by atoms with van der Waals surface area (Å²) in [6.07, 6.45) is 3.25. The highest BCUT2D eigenvalue weighted by Gasteiger charge is 2.13. The number of aryl methyl sites for hydroxylation is 3. The highest BCUT2D eigenvalue weighted by molar-refractivity contribution is 5.81. The first-order chi connectivity index (χ1) is 12.1. The van der Waals surface area contributed by atoms with Crippen molar-refractivity contribution in [3.05, 3.63) is 71.7 Å². The first kappa shape index (κ1) is 15.3. The van der Waals surface area contributed by atoms with Gasteiger partial charge in [0.2, 0.25) is 5.88 Å². The molecule has 25 heavy (non-hydrogen) atoms. The Kier molecular flexibility index (Phi) is 3.69. The lowest BCUT2D eigenvalue weighted by molar-refractivity contribution is 0.467. The van der Waals surface area contributed by atoms with Crippen molar-refractivity contribution in [1.29, 1.82) is 0 Å². The molecule has 0 amide bonds. The third kappa shape index (κ3) is 2.85. The first-order valence-electron chi connectivity index (χ1n) is 8.13. The van der Waals surface area contributed by atoms with Crippen LogP contribution in [0.2, 0.25) is 0 Å². The van der Waals surface area contributed by atoms with E-state index in [0.717, 1.165) is 22.5 Å². The molecule has 0 N–H and O–H groups in total. The van der Waals surface area contributed by atoms with Crippen LogP contribution in [0.4, 0.5) is 0 Å². The van der Waals surface area contributed by atoms with E-state index in [4.69, 9.17) is 4.74 Å². The summed E-state index contributed by atoms with van der Waals surface area (Å²) in [7, 11) is 0. The van der Waals surface area contributed by atoms with Crippen LogP contribution in [0.3, 0.4) is 0 Å². The molecule has 0 spiro atoms. The van der Waals surface area contributed by atoms with Crippen molar-refractivity contribution in [2.45, 2.75) is 20.8 Å². The van der Waals surface area contributed by atoms with E-state index in [2.05, 4.69) is 48.0 Å². The lowest BCUT2D eigenvalue weighted by Crippen LogP contribution is -1.98. The van der Waals surface area contributed by atoms with E-state index >= 15 is 0 Å². The minimum absolute atomic E-state index is 0.506. The normalized spacial score (nSPS) is 11.0. The van der Waals surface area contributed by atoms with Crippen LogP contribution in [0.1, 0.15) is 16.7 Å². The molecule has 0 aliphatic rings. The Bertz CT molecular complexity index is 1050. The summed E-state index contributed by atoms with van der Waals surface area (Å²) in [5, 5.41) is 5.24. The van der Waals surface area contributed by atoms with Gasteiger partial charge in [0.15, 0.2) is 5.65 Å². The maximum atomic E-state index is 5.99. The van der Waals surface area contributed by atoms with Crippen molar-refractivity contribution in [3.8, 4) is 17.3 Å². The second kappa shape index (κ2) is 6.02. The van der Waals surface area contributed by atoms with Crippen LogP contribution < -0.4 is 4.74 Å². The van der Waals surface area contributed by atoms with Crippen molar-refractivity contribution in [2.24, 2.45) is 0 Å². The van der Waals surface area contributed by atoms with Gasteiger partial charge < -0.3 is 4.74 Å². The van der Waals surface area contributed by atoms with Gasteiger partial charge in [0.1, 0.15) is 17.5 Å². The Balaban J connectivity index is 1.76. The number of fused-ring (bicyclic) bond motifs is 1. The van der Waals surface area contributed by atoms with Gasteiger partial charge in [-0.05, 0) is 56.2 Å². The highest BCUT2D eigenvalue weighted by Crippen LogP contribution is 2.28. The van der Waals surface area contributed by atoms with Gasteiger partial charge in [0, 0.05) is 0 Å². The molecule has 2 heterocycles. The zero-order valence-corrected chi connectivity index (χ0v) is 14.4. The molecular formula is C20H18N4O. The second-order valence-electron chi connectivity index (χ2n) is 6.16. The fourth-order valence-electron chi connectivity index (χ4n) is 2.67. The molecule has 0 atom stereocenters. The highest BCUT2D eigenvalue weighted by atomic mass is 16.5. The molecule has 0 fully saturated rings. The van der Waals surface area contributed by atoms with Gasteiger partial charge in [-0.25, -0.2) is 14.6 Å². The summed E-state index contributed by atoms with van der Waals surface area (Å²) >= 11 is 0. The second-order valence-corrected chi connectivity index (χ2v) is 6.16. The Morgan fingerprint density at radius 2 is 1.68 bits per heavy atom.